The SMILES string of the molecule is CN1CCC2(CC1)CN(Cc1ccccc1)C(=S)CO2. The van der Waals surface area contributed by atoms with Crippen molar-refractivity contribution in [2.24, 2.45) is 0 Å². The molecule has 20 heavy (non-hydrogen) atoms. The maximum Gasteiger partial charge on any atom is 0.104 e. The lowest BCUT2D eigenvalue weighted by Crippen LogP contribution is -2.57. The third-order valence-electron chi connectivity index (χ3n) is 4.45. The predicted molar refractivity (Wildman–Crippen MR) is 84.9 cm³/mol. The zero-order valence-corrected chi connectivity index (χ0v) is 12.9. The zero-order valence-electron chi connectivity index (χ0n) is 12.0. The quantitative estimate of drug-likeness (QED) is 0.776. The summed E-state index contributed by atoms with van der Waals surface area (Å²) in [6, 6.07) is 10.6. The van der Waals surface area contributed by atoms with E-state index in [0.717, 1.165) is 44.0 Å². The van der Waals surface area contributed by atoms with Crippen LogP contribution in [-0.2, 0) is 11.3 Å². The molecule has 0 saturated carbocycles. The summed E-state index contributed by atoms with van der Waals surface area (Å²) in [7, 11) is 2.18. The van der Waals surface area contributed by atoms with Crippen molar-refractivity contribution in [3.63, 3.8) is 0 Å². The van der Waals surface area contributed by atoms with Crippen molar-refractivity contribution in [1.29, 1.82) is 0 Å². The van der Waals surface area contributed by atoms with Crippen molar-refractivity contribution in [3.8, 4) is 0 Å². The van der Waals surface area contributed by atoms with Gasteiger partial charge >= 0.3 is 0 Å². The molecule has 0 aromatic heterocycles. The summed E-state index contributed by atoms with van der Waals surface area (Å²) in [5.74, 6) is 0. The summed E-state index contributed by atoms with van der Waals surface area (Å²) in [6.07, 6.45) is 2.22. The Hall–Kier alpha value is -0.970. The van der Waals surface area contributed by atoms with Gasteiger partial charge in [-0.1, -0.05) is 42.5 Å². The molecule has 0 atom stereocenters. The number of piperidine rings is 1. The molecule has 2 heterocycles. The largest absolute Gasteiger partial charge is 0.366 e. The van der Waals surface area contributed by atoms with Gasteiger partial charge in [0.1, 0.15) is 4.99 Å². The Morgan fingerprint density at radius 3 is 2.60 bits per heavy atom. The van der Waals surface area contributed by atoms with Crippen LogP contribution in [0.1, 0.15) is 18.4 Å². The minimum absolute atomic E-state index is 0.0175. The molecular weight excluding hydrogens is 268 g/mol. The van der Waals surface area contributed by atoms with Crippen molar-refractivity contribution in [3.05, 3.63) is 35.9 Å². The molecule has 0 bridgehead atoms. The monoisotopic (exact) mass is 290 g/mol. The van der Waals surface area contributed by atoms with Gasteiger partial charge in [-0.2, -0.15) is 0 Å². The lowest BCUT2D eigenvalue weighted by Gasteiger charge is -2.47. The summed E-state index contributed by atoms with van der Waals surface area (Å²) < 4.78 is 6.13. The van der Waals surface area contributed by atoms with E-state index in [2.05, 4.69) is 47.2 Å². The summed E-state index contributed by atoms with van der Waals surface area (Å²) in [5, 5.41) is 0. The number of ether oxygens (including phenoxy) is 1. The van der Waals surface area contributed by atoms with Gasteiger partial charge in [0.2, 0.25) is 0 Å². The van der Waals surface area contributed by atoms with Crippen LogP contribution in [0.15, 0.2) is 30.3 Å². The van der Waals surface area contributed by atoms with E-state index in [9.17, 15) is 0 Å². The Morgan fingerprint density at radius 1 is 1.20 bits per heavy atom. The number of hydrogen-bond donors (Lipinski definition) is 0. The van der Waals surface area contributed by atoms with Gasteiger partial charge in [0.15, 0.2) is 0 Å². The Morgan fingerprint density at radius 2 is 1.90 bits per heavy atom. The number of morpholine rings is 1. The van der Waals surface area contributed by atoms with Crippen molar-refractivity contribution in [2.45, 2.75) is 25.0 Å². The maximum absolute atomic E-state index is 6.13. The number of likely N-dealkylation sites (tertiary alicyclic amines) is 1. The average Bonchev–Trinajstić information content (AvgIpc) is 2.48. The van der Waals surface area contributed by atoms with Gasteiger partial charge in [0, 0.05) is 26.2 Å². The molecule has 1 aromatic carbocycles. The van der Waals surface area contributed by atoms with Crippen LogP contribution >= 0.6 is 12.2 Å². The molecule has 2 fully saturated rings. The molecule has 0 aliphatic carbocycles. The normalized spacial score (nSPS) is 23.2. The van der Waals surface area contributed by atoms with Crippen LogP contribution in [-0.4, -0.2) is 53.7 Å². The molecule has 1 spiro atoms. The second-order valence-electron chi connectivity index (χ2n) is 6.01. The average molecular weight is 290 g/mol. The van der Waals surface area contributed by atoms with E-state index in [1.807, 2.05) is 0 Å². The fraction of sp³-hybridized carbons (Fsp3) is 0.562. The second kappa shape index (κ2) is 5.80. The zero-order chi connectivity index (χ0) is 14.0. The molecule has 0 unspecified atom stereocenters. The number of rotatable bonds is 2. The number of hydrogen-bond acceptors (Lipinski definition) is 3. The minimum Gasteiger partial charge on any atom is -0.366 e. The lowest BCUT2D eigenvalue weighted by atomic mass is 9.89. The lowest BCUT2D eigenvalue weighted by molar-refractivity contribution is -0.0942. The predicted octanol–water partition coefficient (Wildman–Crippen LogP) is 2.31. The molecule has 2 aliphatic rings. The summed E-state index contributed by atoms with van der Waals surface area (Å²) in [4.78, 5) is 5.65. The highest BCUT2D eigenvalue weighted by molar-refractivity contribution is 7.80. The van der Waals surface area contributed by atoms with Crippen molar-refractivity contribution >= 4 is 17.2 Å². The summed E-state index contributed by atoms with van der Waals surface area (Å²) in [5.41, 5.74) is 1.34. The van der Waals surface area contributed by atoms with Crippen LogP contribution in [0.5, 0.6) is 0 Å². The van der Waals surface area contributed by atoms with Crippen molar-refractivity contribution in [2.75, 3.05) is 33.3 Å². The van der Waals surface area contributed by atoms with E-state index in [1.165, 1.54) is 5.56 Å². The van der Waals surface area contributed by atoms with Crippen LogP contribution in [0.25, 0.3) is 0 Å². The van der Waals surface area contributed by atoms with Crippen molar-refractivity contribution < 1.29 is 4.74 Å². The van der Waals surface area contributed by atoms with Crippen LogP contribution < -0.4 is 0 Å². The fourth-order valence-electron chi connectivity index (χ4n) is 3.06. The van der Waals surface area contributed by atoms with Crippen LogP contribution in [0, 0.1) is 0 Å². The van der Waals surface area contributed by atoms with E-state index in [4.69, 9.17) is 17.0 Å². The van der Waals surface area contributed by atoms with Gasteiger partial charge in [0.05, 0.1) is 12.2 Å². The van der Waals surface area contributed by atoms with Crippen LogP contribution in [0.3, 0.4) is 0 Å². The molecule has 1 aromatic rings. The highest BCUT2D eigenvalue weighted by atomic mass is 32.1. The van der Waals surface area contributed by atoms with Gasteiger partial charge in [0.25, 0.3) is 0 Å². The first-order valence-corrected chi connectivity index (χ1v) is 7.72. The molecule has 0 amide bonds. The Labute approximate surface area is 126 Å². The van der Waals surface area contributed by atoms with Gasteiger partial charge in [-0.05, 0) is 25.5 Å². The van der Waals surface area contributed by atoms with E-state index in [-0.39, 0.29) is 5.60 Å². The van der Waals surface area contributed by atoms with Gasteiger partial charge in [-0.25, -0.2) is 0 Å². The molecule has 4 heteroatoms. The summed E-state index contributed by atoms with van der Waals surface area (Å²) >= 11 is 5.49. The Balaban J connectivity index is 1.69. The maximum atomic E-state index is 6.13. The Kier molecular flexibility index (Phi) is 4.06. The standard InChI is InChI=1S/C16H22N2OS/c1-17-9-7-16(8-10-17)13-18(15(20)12-19-16)11-14-5-3-2-4-6-14/h2-6H,7-13H2,1H3. The molecule has 108 valence electrons. The molecule has 3 nitrogen and oxygen atoms in total. The molecule has 0 radical (unpaired) electrons. The molecule has 2 saturated heterocycles. The number of nitrogens with zero attached hydrogens (tertiary/aromatic N) is 2. The smallest absolute Gasteiger partial charge is 0.104 e. The minimum atomic E-state index is 0.0175. The van der Waals surface area contributed by atoms with E-state index < -0.39 is 0 Å². The number of thiocarbonyl (C=S) groups is 1. The van der Waals surface area contributed by atoms with Crippen LogP contribution in [0.2, 0.25) is 0 Å². The molecule has 3 rings (SSSR count). The molecular formula is C16H22N2OS. The first kappa shape index (κ1) is 14.0. The highest BCUT2D eigenvalue weighted by Gasteiger charge is 2.40. The first-order chi connectivity index (χ1) is 9.67. The number of benzene rings is 1. The first-order valence-electron chi connectivity index (χ1n) is 7.31. The van der Waals surface area contributed by atoms with Gasteiger partial charge in [-0.15, -0.1) is 0 Å². The molecule has 0 N–H and O–H groups in total. The fourth-order valence-corrected chi connectivity index (χ4v) is 3.25. The third kappa shape index (κ3) is 3.03. The Bertz CT molecular complexity index is 469. The van der Waals surface area contributed by atoms with E-state index >= 15 is 0 Å². The third-order valence-corrected chi connectivity index (χ3v) is 4.82. The van der Waals surface area contributed by atoms with E-state index in [1.54, 1.807) is 0 Å². The van der Waals surface area contributed by atoms with Crippen LogP contribution in [0.4, 0.5) is 0 Å². The highest BCUT2D eigenvalue weighted by Crippen LogP contribution is 2.31. The second-order valence-corrected chi connectivity index (χ2v) is 6.48. The van der Waals surface area contributed by atoms with Gasteiger partial charge < -0.3 is 14.5 Å². The van der Waals surface area contributed by atoms with Crippen molar-refractivity contribution in [1.82, 2.24) is 9.80 Å². The molecule has 2 aliphatic heterocycles. The van der Waals surface area contributed by atoms with E-state index in [0.29, 0.717) is 6.61 Å². The summed E-state index contributed by atoms with van der Waals surface area (Å²) in [6.45, 7) is 4.68. The van der Waals surface area contributed by atoms with Gasteiger partial charge in [-0.3, -0.25) is 0 Å². The topological polar surface area (TPSA) is 15.7 Å².